The number of piperidine rings is 1. The molecule has 10 rings (SSSR count). The van der Waals surface area contributed by atoms with Crippen molar-refractivity contribution in [3.05, 3.63) is 81.3 Å². The number of carbonyl (C=O) groups is 1. The third-order valence-electron chi connectivity index (χ3n) is 14.4. The maximum absolute atomic E-state index is 12.2. The van der Waals surface area contributed by atoms with E-state index in [1.54, 1.807) is 36.4 Å². The summed E-state index contributed by atoms with van der Waals surface area (Å²) in [5, 5.41) is 36.1. The number of hydrogen-bond donors (Lipinski definition) is 4. The number of methoxy groups -OCH3 is 1. The average Bonchev–Trinajstić information content (AvgIpc) is 3.85. The Balaban J connectivity index is 0.000000180. The highest BCUT2D eigenvalue weighted by atomic mass is 35.5. The Morgan fingerprint density at radius 2 is 1.74 bits per heavy atom. The van der Waals surface area contributed by atoms with Crippen LogP contribution in [0.5, 0.6) is 11.5 Å². The molecular weight excluding hydrogens is 711 g/mol. The Morgan fingerprint density at radius 1 is 1.02 bits per heavy atom. The summed E-state index contributed by atoms with van der Waals surface area (Å²) < 4.78 is 13.5. The van der Waals surface area contributed by atoms with Gasteiger partial charge in [-0.1, -0.05) is 74.3 Å². The molecule has 53 heavy (non-hydrogen) atoms. The lowest BCUT2D eigenvalue weighted by atomic mass is 9.33. The first-order chi connectivity index (χ1) is 25.1. The molecule has 3 aromatic rings. The van der Waals surface area contributed by atoms with Crippen molar-refractivity contribution in [1.82, 2.24) is 4.90 Å². The van der Waals surface area contributed by atoms with Crippen LogP contribution in [0.2, 0.25) is 10.0 Å². The lowest BCUT2D eigenvalue weighted by molar-refractivity contribution is -0.312. The van der Waals surface area contributed by atoms with E-state index in [2.05, 4.69) is 37.1 Å². The maximum atomic E-state index is 12.2. The van der Waals surface area contributed by atoms with Crippen molar-refractivity contribution in [1.29, 1.82) is 0 Å². The topological polar surface area (TPSA) is 111 Å². The Morgan fingerprint density at radius 3 is 2.40 bits per heavy atom. The van der Waals surface area contributed by atoms with Crippen molar-refractivity contribution in [3.8, 4) is 11.5 Å². The van der Waals surface area contributed by atoms with Gasteiger partial charge < -0.3 is 30.1 Å². The Labute approximate surface area is 322 Å². The van der Waals surface area contributed by atoms with E-state index < -0.39 is 17.2 Å². The fraction of sp³-hybridized carbons (Fsp3) is 0.558. The summed E-state index contributed by atoms with van der Waals surface area (Å²) in [6, 6.07) is 16.8. The van der Waals surface area contributed by atoms with E-state index in [0.29, 0.717) is 38.8 Å². The Bertz CT molecular complexity index is 1920. The number of likely N-dealkylation sites (tertiary alicyclic amines) is 1. The third kappa shape index (κ3) is 5.44. The highest BCUT2D eigenvalue weighted by Gasteiger charge is 2.82. The van der Waals surface area contributed by atoms with Crippen LogP contribution in [0.1, 0.15) is 82.9 Å². The van der Waals surface area contributed by atoms with E-state index in [1.807, 2.05) is 26.2 Å². The van der Waals surface area contributed by atoms with Gasteiger partial charge in [0.1, 0.15) is 11.7 Å². The predicted molar refractivity (Wildman–Crippen MR) is 208 cm³/mol. The van der Waals surface area contributed by atoms with Crippen molar-refractivity contribution in [3.63, 3.8) is 0 Å². The molecule has 4 bridgehead atoms. The second-order valence-corrected chi connectivity index (χ2v) is 18.6. The third-order valence-corrected chi connectivity index (χ3v) is 15.1. The molecule has 5 aliphatic carbocycles. The number of fused-ring (bicyclic) bond motifs is 2. The van der Waals surface area contributed by atoms with Gasteiger partial charge in [0.15, 0.2) is 11.5 Å². The maximum Gasteiger partial charge on any atom is 0.307 e. The number of ether oxygens (including phenoxy) is 2. The number of hydrogen-bond acceptors (Lipinski definition) is 7. The van der Waals surface area contributed by atoms with Gasteiger partial charge in [0.2, 0.25) is 0 Å². The standard InChI is InChI=1S/C29H41NO4.C14H11Cl2NO2/c1-25(2,3)26(4,32)20-15-27-10-11-29(20,33-5)24-28(27)12-13-30(16-17-6-7-17)21(27)14-18-8-9-19(31)23(34-24)22(18)28;15-10-5-3-6-11(16)14(10)17-12-7-2-1-4-9(12)8-13(18)19/h8-9,17,20-21,24,31-32H,6-7,10-16H2,1-5H3;1-7,17H,8H2,(H,18,19)/t20-,21-,24-,26+,27-,28+,29+;/m1./s1. The van der Waals surface area contributed by atoms with Crippen LogP contribution in [-0.4, -0.2) is 69.7 Å². The zero-order valence-corrected chi connectivity index (χ0v) is 32.9. The first kappa shape index (κ1) is 36.9. The number of halogens is 2. The second kappa shape index (κ2) is 12.8. The summed E-state index contributed by atoms with van der Waals surface area (Å²) in [6.07, 6.45) is 7.57. The number of anilines is 2. The van der Waals surface area contributed by atoms with Crippen molar-refractivity contribution < 1.29 is 29.6 Å². The van der Waals surface area contributed by atoms with E-state index in [9.17, 15) is 15.0 Å². The van der Waals surface area contributed by atoms with Gasteiger partial charge in [0, 0.05) is 47.7 Å². The van der Waals surface area contributed by atoms with Gasteiger partial charge in [-0.3, -0.25) is 9.69 Å². The van der Waals surface area contributed by atoms with Crippen molar-refractivity contribution in [2.45, 2.75) is 108 Å². The Kier molecular flexibility index (Phi) is 8.90. The summed E-state index contributed by atoms with van der Waals surface area (Å²) in [4.78, 5) is 13.6. The number of phenols is 1. The molecule has 284 valence electrons. The van der Waals surface area contributed by atoms with Gasteiger partial charge in [0.05, 0.1) is 27.8 Å². The molecule has 0 unspecified atom stereocenters. The average molecular weight is 764 g/mol. The number of nitrogens with one attached hydrogen (secondary N) is 1. The van der Waals surface area contributed by atoms with E-state index in [1.165, 1.54) is 30.5 Å². The van der Waals surface area contributed by atoms with Gasteiger partial charge in [-0.05, 0) is 105 Å². The fourth-order valence-corrected chi connectivity index (χ4v) is 11.8. The monoisotopic (exact) mass is 762 g/mol. The quantitative estimate of drug-likeness (QED) is 0.180. The molecule has 0 aromatic heterocycles. The molecule has 10 heteroatoms. The number of aliphatic carboxylic acids is 1. The van der Waals surface area contributed by atoms with Gasteiger partial charge in [0.25, 0.3) is 0 Å². The highest BCUT2D eigenvalue weighted by Crippen LogP contribution is 2.78. The van der Waals surface area contributed by atoms with Crippen LogP contribution in [-0.2, 0) is 27.8 Å². The lowest BCUT2D eigenvalue weighted by Crippen LogP contribution is -2.83. The van der Waals surface area contributed by atoms with Crippen molar-refractivity contribution in [2.24, 2.45) is 22.7 Å². The van der Waals surface area contributed by atoms with Crippen LogP contribution >= 0.6 is 23.2 Å². The minimum atomic E-state index is -0.909. The number of aliphatic hydroxyl groups is 1. The largest absolute Gasteiger partial charge is 0.504 e. The molecule has 5 fully saturated rings. The molecule has 2 heterocycles. The number of para-hydroxylation sites is 2. The molecule has 4 N–H and O–H groups in total. The molecule has 3 aromatic carbocycles. The zero-order valence-electron chi connectivity index (χ0n) is 31.3. The van der Waals surface area contributed by atoms with Crippen LogP contribution < -0.4 is 10.1 Å². The van der Waals surface area contributed by atoms with Gasteiger partial charge >= 0.3 is 5.97 Å². The van der Waals surface area contributed by atoms with E-state index in [0.717, 1.165) is 44.6 Å². The zero-order chi connectivity index (χ0) is 37.7. The number of carboxylic acid groups (broad SMARTS) is 1. The molecule has 8 nitrogen and oxygen atoms in total. The van der Waals surface area contributed by atoms with Crippen LogP contribution in [0.25, 0.3) is 0 Å². The van der Waals surface area contributed by atoms with Crippen molar-refractivity contribution >= 4 is 40.5 Å². The second-order valence-electron chi connectivity index (χ2n) is 17.7. The van der Waals surface area contributed by atoms with Gasteiger partial charge in [-0.15, -0.1) is 0 Å². The predicted octanol–water partition coefficient (Wildman–Crippen LogP) is 8.78. The van der Waals surface area contributed by atoms with E-state index in [-0.39, 0.29) is 40.4 Å². The molecule has 2 aliphatic heterocycles. The van der Waals surface area contributed by atoms with Gasteiger partial charge in [-0.25, -0.2) is 0 Å². The molecule has 4 saturated carbocycles. The van der Waals surface area contributed by atoms with E-state index in [4.69, 9.17) is 37.8 Å². The minimum Gasteiger partial charge on any atom is -0.504 e. The van der Waals surface area contributed by atoms with E-state index >= 15 is 0 Å². The first-order valence-electron chi connectivity index (χ1n) is 19.1. The molecule has 1 saturated heterocycles. The lowest BCUT2D eigenvalue weighted by Gasteiger charge is -2.75. The molecule has 7 aliphatic rings. The summed E-state index contributed by atoms with van der Waals surface area (Å²) in [7, 11) is 1.83. The minimum absolute atomic E-state index is 0.0294. The molecule has 0 amide bonds. The van der Waals surface area contributed by atoms with Crippen molar-refractivity contribution in [2.75, 3.05) is 25.5 Å². The highest BCUT2D eigenvalue weighted by molar-refractivity contribution is 6.39. The normalized spacial score (nSPS) is 31.8. The van der Waals surface area contributed by atoms with Crippen LogP contribution in [0.15, 0.2) is 54.6 Å². The van der Waals surface area contributed by atoms with Crippen LogP contribution in [0.4, 0.5) is 11.4 Å². The molecule has 0 radical (unpaired) electrons. The molecule has 2 spiro atoms. The summed E-state index contributed by atoms with van der Waals surface area (Å²) in [5.74, 6) is 0.913. The van der Waals surface area contributed by atoms with Crippen LogP contribution in [0, 0.1) is 22.7 Å². The number of aromatic hydroxyl groups is 1. The number of rotatable bonds is 8. The number of carboxylic acids is 1. The van der Waals surface area contributed by atoms with Crippen LogP contribution in [0.3, 0.4) is 0 Å². The fourth-order valence-electron chi connectivity index (χ4n) is 11.3. The summed E-state index contributed by atoms with van der Waals surface area (Å²) in [5.41, 5.74) is 2.71. The number of nitrogens with zero attached hydrogens (tertiary/aromatic N) is 1. The van der Waals surface area contributed by atoms with Gasteiger partial charge in [-0.2, -0.15) is 0 Å². The first-order valence-corrected chi connectivity index (χ1v) is 19.9. The molecule has 7 atom stereocenters. The Hall–Kier alpha value is -3.01. The summed E-state index contributed by atoms with van der Waals surface area (Å²) >= 11 is 12.1. The smallest absolute Gasteiger partial charge is 0.307 e. The number of phenolic OH excluding ortho intramolecular Hbond substituents is 1. The number of benzene rings is 3. The summed E-state index contributed by atoms with van der Waals surface area (Å²) in [6.45, 7) is 10.8. The molecular formula is C43H52Cl2N2O6. The SMILES string of the molecule is CO[C@@]12CC[C@@]3(C[C@@H]1[C@](C)(O)C(C)(C)C)[C@H]1Cc4ccc(O)c5c4[C@@]3(CCN1CC1CC1)[C@H]2O5.O=C(O)Cc1ccccc1Nc1c(Cl)cccc1Cl.